The van der Waals surface area contributed by atoms with Gasteiger partial charge in [-0.25, -0.2) is 0 Å². The first-order valence-electron chi connectivity index (χ1n) is 29.2. The monoisotopic (exact) mass is 836 g/mol. The SMILES string of the molecule is NC(C1CCC(C2CCC3C4C5OC6CCCCC6C5CCC4C4(C5CCCCC5C5CCCCC54)C3C2)CC1)C1CCCCC1CCC1CCCC2C3CCCCC3OC12. The molecule has 13 fully saturated rings. The highest BCUT2D eigenvalue weighted by Crippen LogP contribution is 2.79. The average Bonchev–Trinajstić information content (AvgIpc) is 4.06. The van der Waals surface area contributed by atoms with Crippen LogP contribution in [-0.2, 0) is 9.47 Å². The van der Waals surface area contributed by atoms with Gasteiger partial charge in [0, 0.05) is 6.04 Å². The van der Waals surface area contributed by atoms with E-state index >= 15 is 0 Å². The number of nitrogens with two attached hydrogens (primary N) is 1. The Morgan fingerprint density at radius 1 is 0.393 bits per heavy atom. The highest BCUT2D eigenvalue weighted by Gasteiger charge is 2.74. The van der Waals surface area contributed by atoms with Crippen LogP contribution in [0.2, 0.25) is 0 Å². The summed E-state index contributed by atoms with van der Waals surface area (Å²) in [4.78, 5) is 0. The number of hydrogen-bond donors (Lipinski definition) is 1. The first-order chi connectivity index (χ1) is 30.2. The summed E-state index contributed by atoms with van der Waals surface area (Å²) in [5, 5.41) is 0. The second kappa shape index (κ2) is 16.9. The van der Waals surface area contributed by atoms with Crippen molar-refractivity contribution in [3.8, 4) is 0 Å². The molecule has 13 rings (SSSR count). The lowest BCUT2D eigenvalue weighted by Crippen LogP contribution is -2.48. The van der Waals surface area contributed by atoms with Gasteiger partial charge in [-0.2, -0.15) is 0 Å². The summed E-state index contributed by atoms with van der Waals surface area (Å²) in [5.41, 5.74) is 8.28. The Morgan fingerprint density at radius 2 is 0.934 bits per heavy atom. The highest BCUT2D eigenvalue weighted by molar-refractivity contribution is 5.22. The molecule has 0 aromatic carbocycles. The molecule has 3 nitrogen and oxygen atoms in total. The molecule has 13 aliphatic rings. The normalized spacial score (nSPS) is 56.8. The molecule has 2 heterocycles. The Hall–Kier alpha value is -0.120. The standard InChI is InChI=1S/C58H93NO2/c59-55(40-14-2-1-12-36(40)26-29-38-13-11-19-45-43-17-5-9-22-52(43)60-56(38)45)37-27-24-35(25-28-37)39-30-31-47-51(34-39)58(48-20-7-3-15-41(48)42-16-4-8-21-49(42)58)50-33-32-46-44-18-6-10-23-53(44)61-57(46)54(47)50/h35-57H,1-34,59H2. The minimum atomic E-state index is 0.459. The van der Waals surface area contributed by atoms with E-state index in [0.29, 0.717) is 35.9 Å². The molecule has 2 aliphatic heterocycles. The van der Waals surface area contributed by atoms with Gasteiger partial charge in [0.05, 0.1) is 24.4 Å². The molecular formula is C58H93NO2. The van der Waals surface area contributed by atoms with Crippen molar-refractivity contribution in [1.29, 1.82) is 0 Å². The lowest BCUT2D eigenvalue weighted by Gasteiger charge is -2.53. The fourth-order valence-corrected chi connectivity index (χ4v) is 23.1. The van der Waals surface area contributed by atoms with E-state index in [0.717, 1.165) is 107 Å². The number of hydrogen-bond acceptors (Lipinski definition) is 3. The summed E-state index contributed by atoms with van der Waals surface area (Å²) in [6.07, 6.45) is 53.5. The van der Waals surface area contributed by atoms with Gasteiger partial charge >= 0.3 is 0 Å². The third kappa shape index (κ3) is 6.63. The van der Waals surface area contributed by atoms with Crippen LogP contribution in [0.1, 0.15) is 218 Å². The Balaban J connectivity index is 0.699. The third-order valence-electron chi connectivity index (χ3n) is 24.9. The van der Waals surface area contributed by atoms with Crippen LogP contribution in [0.4, 0.5) is 0 Å². The summed E-state index contributed by atoms with van der Waals surface area (Å²) in [5.74, 6) is 17.2. The first kappa shape index (κ1) is 41.1. The van der Waals surface area contributed by atoms with Crippen LogP contribution >= 0.6 is 0 Å². The molecule has 1 spiro atoms. The Kier molecular flexibility index (Phi) is 11.4. The van der Waals surface area contributed by atoms with Gasteiger partial charge in [-0.1, -0.05) is 77.0 Å². The molecule has 0 bridgehead atoms. The van der Waals surface area contributed by atoms with E-state index in [2.05, 4.69) is 0 Å². The molecule has 0 aromatic rings. The summed E-state index contributed by atoms with van der Waals surface area (Å²) in [6, 6.07) is 0.459. The van der Waals surface area contributed by atoms with Gasteiger partial charge in [-0.05, 0) is 253 Å². The molecule has 0 aromatic heterocycles. The minimum Gasteiger partial charge on any atom is -0.374 e. The van der Waals surface area contributed by atoms with Crippen molar-refractivity contribution in [3.05, 3.63) is 0 Å². The Labute approximate surface area is 374 Å². The molecular weight excluding hydrogens is 743 g/mol. The van der Waals surface area contributed by atoms with Gasteiger partial charge < -0.3 is 15.2 Å². The van der Waals surface area contributed by atoms with Gasteiger partial charge in [0.1, 0.15) is 0 Å². The van der Waals surface area contributed by atoms with Crippen molar-refractivity contribution in [2.24, 2.45) is 118 Å². The molecule has 21 atom stereocenters. The average molecular weight is 836 g/mol. The zero-order valence-corrected chi connectivity index (χ0v) is 39.2. The molecule has 11 saturated carbocycles. The number of ether oxygens (including phenoxy) is 2. The van der Waals surface area contributed by atoms with Crippen LogP contribution in [-0.4, -0.2) is 30.5 Å². The van der Waals surface area contributed by atoms with Crippen molar-refractivity contribution in [2.45, 2.75) is 249 Å². The van der Waals surface area contributed by atoms with Crippen LogP contribution in [0, 0.1) is 112 Å². The van der Waals surface area contributed by atoms with Crippen LogP contribution in [0.25, 0.3) is 0 Å². The maximum Gasteiger partial charge on any atom is 0.0644 e. The maximum atomic E-state index is 7.60. The van der Waals surface area contributed by atoms with Crippen LogP contribution in [0.3, 0.4) is 0 Å². The smallest absolute Gasteiger partial charge is 0.0644 e. The zero-order valence-electron chi connectivity index (χ0n) is 39.2. The Morgan fingerprint density at radius 3 is 1.67 bits per heavy atom. The molecule has 21 unspecified atom stereocenters. The van der Waals surface area contributed by atoms with Crippen molar-refractivity contribution < 1.29 is 9.47 Å². The molecule has 11 aliphatic carbocycles. The largest absolute Gasteiger partial charge is 0.374 e. The molecule has 61 heavy (non-hydrogen) atoms. The topological polar surface area (TPSA) is 44.5 Å². The van der Waals surface area contributed by atoms with Gasteiger partial charge in [0.25, 0.3) is 0 Å². The number of fused-ring (bicyclic) bond motifs is 17. The summed E-state index contributed by atoms with van der Waals surface area (Å²) >= 11 is 0. The van der Waals surface area contributed by atoms with Gasteiger partial charge in [0.15, 0.2) is 0 Å². The van der Waals surface area contributed by atoms with Crippen molar-refractivity contribution in [2.75, 3.05) is 0 Å². The van der Waals surface area contributed by atoms with Crippen LogP contribution < -0.4 is 5.73 Å². The van der Waals surface area contributed by atoms with Gasteiger partial charge in [0.2, 0.25) is 0 Å². The molecule has 2 saturated heterocycles. The predicted molar refractivity (Wildman–Crippen MR) is 248 cm³/mol. The van der Waals surface area contributed by atoms with Gasteiger partial charge in [-0.15, -0.1) is 0 Å². The quantitative estimate of drug-likeness (QED) is 0.290. The fourth-order valence-electron chi connectivity index (χ4n) is 23.1. The number of rotatable bonds is 6. The van der Waals surface area contributed by atoms with Crippen LogP contribution in [0.5, 0.6) is 0 Å². The van der Waals surface area contributed by atoms with E-state index in [1.54, 1.807) is 77.0 Å². The summed E-state index contributed by atoms with van der Waals surface area (Å²) in [6.45, 7) is 0. The van der Waals surface area contributed by atoms with Crippen molar-refractivity contribution in [3.63, 3.8) is 0 Å². The molecule has 2 N–H and O–H groups in total. The molecule has 342 valence electrons. The third-order valence-corrected chi connectivity index (χ3v) is 24.9. The minimum absolute atomic E-state index is 0.459. The van der Waals surface area contributed by atoms with Crippen LogP contribution in [0.15, 0.2) is 0 Å². The fraction of sp³-hybridized carbons (Fsp3) is 1.00. The van der Waals surface area contributed by atoms with E-state index < -0.39 is 0 Å². The van der Waals surface area contributed by atoms with E-state index in [1.165, 1.54) is 141 Å². The lowest BCUT2D eigenvalue weighted by molar-refractivity contribution is -0.0787. The lowest BCUT2D eigenvalue weighted by atomic mass is 9.51. The summed E-state index contributed by atoms with van der Waals surface area (Å²) < 4.78 is 14.5. The molecule has 0 radical (unpaired) electrons. The molecule has 3 heteroatoms. The second-order valence-corrected chi connectivity index (χ2v) is 26.4. The van der Waals surface area contributed by atoms with Crippen molar-refractivity contribution in [1.82, 2.24) is 0 Å². The molecule has 0 amide bonds. The van der Waals surface area contributed by atoms with E-state index in [9.17, 15) is 0 Å². The maximum absolute atomic E-state index is 7.60. The van der Waals surface area contributed by atoms with E-state index in [1.807, 2.05) is 0 Å². The van der Waals surface area contributed by atoms with E-state index in [4.69, 9.17) is 15.2 Å². The summed E-state index contributed by atoms with van der Waals surface area (Å²) in [7, 11) is 0. The van der Waals surface area contributed by atoms with E-state index in [-0.39, 0.29) is 0 Å². The zero-order chi connectivity index (χ0) is 40.2. The van der Waals surface area contributed by atoms with Crippen molar-refractivity contribution >= 4 is 0 Å². The highest BCUT2D eigenvalue weighted by atomic mass is 16.5. The van der Waals surface area contributed by atoms with Gasteiger partial charge in [-0.3, -0.25) is 0 Å². The second-order valence-electron chi connectivity index (χ2n) is 26.4. The first-order valence-corrected chi connectivity index (χ1v) is 29.2. The Bertz CT molecular complexity index is 1500. The predicted octanol–water partition coefficient (Wildman–Crippen LogP) is 14.3.